The number of thiophene rings is 1. The van der Waals surface area contributed by atoms with Crippen molar-refractivity contribution < 1.29 is 0 Å². The van der Waals surface area contributed by atoms with E-state index in [1.807, 2.05) is 12.1 Å². The average Bonchev–Trinajstić information content (AvgIpc) is 2.47. The molecule has 5 N–H and O–H groups in total. The Labute approximate surface area is 82.8 Å². The lowest BCUT2D eigenvalue weighted by molar-refractivity contribution is 0.966. The molecule has 4 nitrogen and oxygen atoms in total. The molecule has 0 amide bonds. The molecule has 0 radical (unpaired) electrons. The van der Waals surface area contributed by atoms with Gasteiger partial charge in [0.05, 0.1) is 10.3 Å². The number of hydrogen-bond acceptors (Lipinski definition) is 3. The molecular formula is C6H9BrN4S. The maximum absolute atomic E-state index is 5.33. The summed E-state index contributed by atoms with van der Waals surface area (Å²) in [4.78, 5) is 5.11. The second-order valence-electron chi connectivity index (χ2n) is 2.05. The van der Waals surface area contributed by atoms with Gasteiger partial charge in [0, 0.05) is 4.88 Å². The number of nitrogens with one attached hydrogen (secondary N) is 1. The molecule has 1 rings (SSSR count). The standard InChI is InChI=1S/C6H9BrN4S/c7-5-2-1-4(12-5)3-10-6(8)11-9/h1-2H,3,9H2,(H3,8,10,11). The Morgan fingerprint density at radius 3 is 2.92 bits per heavy atom. The van der Waals surface area contributed by atoms with Gasteiger partial charge in [-0.25, -0.2) is 10.8 Å². The first kappa shape index (κ1) is 9.50. The Hall–Kier alpha value is -0.590. The average molecular weight is 249 g/mol. The van der Waals surface area contributed by atoms with E-state index in [0.717, 1.165) is 8.66 Å². The molecule has 0 unspecified atom stereocenters. The van der Waals surface area contributed by atoms with Gasteiger partial charge in [0.15, 0.2) is 0 Å². The van der Waals surface area contributed by atoms with Crippen molar-refractivity contribution in [2.24, 2.45) is 16.6 Å². The third-order valence-electron chi connectivity index (χ3n) is 1.18. The SMILES string of the molecule is NNC(N)=NCc1ccc(Br)s1. The maximum atomic E-state index is 5.33. The Morgan fingerprint density at radius 2 is 2.42 bits per heavy atom. The molecule has 0 fully saturated rings. The number of halogens is 1. The summed E-state index contributed by atoms with van der Waals surface area (Å²) in [6.45, 7) is 0.562. The lowest BCUT2D eigenvalue weighted by Gasteiger charge is -1.95. The van der Waals surface area contributed by atoms with Gasteiger partial charge in [0.1, 0.15) is 0 Å². The molecule has 1 aromatic rings. The second kappa shape index (κ2) is 4.44. The van der Waals surface area contributed by atoms with Crippen LogP contribution in [0.2, 0.25) is 0 Å². The molecule has 0 aliphatic heterocycles. The number of guanidine groups is 1. The van der Waals surface area contributed by atoms with Crippen LogP contribution in [0.1, 0.15) is 4.88 Å². The van der Waals surface area contributed by atoms with Crippen LogP contribution in [0.25, 0.3) is 0 Å². The van der Waals surface area contributed by atoms with E-state index < -0.39 is 0 Å². The monoisotopic (exact) mass is 248 g/mol. The van der Waals surface area contributed by atoms with E-state index in [1.54, 1.807) is 11.3 Å². The summed E-state index contributed by atoms with van der Waals surface area (Å²) < 4.78 is 1.09. The highest BCUT2D eigenvalue weighted by Crippen LogP contribution is 2.22. The van der Waals surface area contributed by atoms with Crippen molar-refractivity contribution in [2.45, 2.75) is 6.54 Å². The van der Waals surface area contributed by atoms with E-state index >= 15 is 0 Å². The molecule has 0 saturated heterocycles. The first-order chi connectivity index (χ1) is 5.72. The Morgan fingerprint density at radius 1 is 1.67 bits per heavy atom. The van der Waals surface area contributed by atoms with Gasteiger partial charge < -0.3 is 5.73 Å². The van der Waals surface area contributed by atoms with Crippen molar-refractivity contribution in [1.82, 2.24) is 5.43 Å². The highest BCUT2D eigenvalue weighted by atomic mass is 79.9. The van der Waals surface area contributed by atoms with Gasteiger partial charge in [0.2, 0.25) is 5.96 Å². The number of nitrogens with zero attached hydrogens (tertiary/aromatic N) is 1. The van der Waals surface area contributed by atoms with E-state index in [4.69, 9.17) is 11.6 Å². The Bertz CT molecular complexity index is 283. The summed E-state index contributed by atoms with van der Waals surface area (Å²) in [5.41, 5.74) is 7.60. The van der Waals surface area contributed by atoms with Crippen LogP contribution in [-0.4, -0.2) is 5.96 Å². The highest BCUT2D eigenvalue weighted by molar-refractivity contribution is 9.11. The van der Waals surface area contributed by atoms with E-state index in [-0.39, 0.29) is 5.96 Å². The maximum Gasteiger partial charge on any atom is 0.203 e. The highest BCUT2D eigenvalue weighted by Gasteiger charge is 1.95. The molecule has 1 heterocycles. The van der Waals surface area contributed by atoms with Crippen LogP contribution in [0.4, 0.5) is 0 Å². The summed E-state index contributed by atoms with van der Waals surface area (Å²) in [7, 11) is 0. The van der Waals surface area contributed by atoms with Crippen molar-refractivity contribution in [3.63, 3.8) is 0 Å². The summed E-state index contributed by atoms with van der Waals surface area (Å²) >= 11 is 4.98. The molecule has 0 saturated carbocycles. The van der Waals surface area contributed by atoms with Crippen LogP contribution in [0.3, 0.4) is 0 Å². The van der Waals surface area contributed by atoms with Crippen LogP contribution in [0.15, 0.2) is 20.9 Å². The lowest BCUT2D eigenvalue weighted by atomic mass is 10.5. The first-order valence-corrected chi connectivity index (χ1v) is 4.84. The zero-order valence-corrected chi connectivity index (χ0v) is 8.65. The third-order valence-corrected chi connectivity index (χ3v) is 2.79. The molecule has 0 spiro atoms. The van der Waals surface area contributed by atoms with Gasteiger partial charge in [-0.15, -0.1) is 11.3 Å². The van der Waals surface area contributed by atoms with Crippen LogP contribution >= 0.6 is 27.3 Å². The fourth-order valence-electron chi connectivity index (χ4n) is 0.645. The quantitative estimate of drug-likeness (QED) is 0.314. The molecule has 66 valence electrons. The zero-order chi connectivity index (χ0) is 8.97. The topological polar surface area (TPSA) is 76.4 Å². The normalized spacial score (nSPS) is 11.7. The summed E-state index contributed by atoms with van der Waals surface area (Å²) in [6, 6.07) is 3.96. The molecule has 1 aromatic heterocycles. The predicted octanol–water partition coefficient (Wildman–Crippen LogP) is 0.789. The van der Waals surface area contributed by atoms with Crippen LogP contribution < -0.4 is 17.0 Å². The molecule has 12 heavy (non-hydrogen) atoms. The Kier molecular flexibility index (Phi) is 3.51. The molecule has 6 heteroatoms. The molecule has 0 aromatic carbocycles. The predicted molar refractivity (Wildman–Crippen MR) is 54.7 cm³/mol. The molecule has 0 atom stereocenters. The molecule has 0 aliphatic rings. The van der Waals surface area contributed by atoms with Crippen LogP contribution in [0.5, 0.6) is 0 Å². The first-order valence-electron chi connectivity index (χ1n) is 3.23. The van der Waals surface area contributed by atoms with Gasteiger partial charge in [-0.3, -0.25) is 5.43 Å². The van der Waals surface area contributed by atoms with Crippen molar-refractivity contribution in [3.8, 4) is 0 Å². The number of hydrogen-bond donors (Lipinski definition) is 3. The van der Waals surface area contributed by atoms with Crippen LogP contribution in [-0.2, 0) is 6.54 Å². The molecule has 0 aliphatic carbocycles. The zero-order valence-electron chi connectivity index (χ0n) is 6.25. The molecular weight excluding hydrogens is 240 g/mol. The fourth-order valence-corrected chi connectivity index (χ4v) is 2.05. The van der Waals surface area contributed by atoms with Crippen molar-refractivity contribution in [2.75, 3.05) is 0 Å². The minimum Gasteiger partial charge on any atom is -0.369 e. The number of hydrazine groups is 1. The largest absolute Gasteiger partial charge is 0.369 e. The lowest BCUT2D eigenvalue weighted by Crippen LogP contribution is -2.36. The van der Waals surface area contributed by atoms with E-state index in [1.165, 1.54) is 0 Å². The minimum atomic E-state index is 0.250. The van der Waals surface area contributed by atoms with Crippen LogP contribution in [0, 0.1) is 0 Å². The van der Waals surface area contributed by atoms with Gasteiger partial charge in [-0.2, -0.15) is 0 Å². The van der Waals surface area contributed by atoms with Gasteiger partial charge in [-0.1, -0.05) is 0 Å². The minimum absolute atomic E-state index is 0.250. The smallest absolute Gasteiger partial charge is 0.203 e. The van der Waals surface area contributed by atoms with E-state index in [9.17, 15) is 0 Å². The third kappa shape index (κ3) is 2.80. The number of nitrogens with two attached hydrogens (primary N) is 2. The fraction of sp³-hybridized carbons (Fsp3) is 0.167. The second-order valence-corrected chi connectivity index (χ2v) is 4.60. The van der Waals surface area contributed by atoms with Gasteiger partial charge in [0.25, 0.3) is 0 Å². The number of aliphatic imine (C=N–C) groups is 1. The van der Waals surface area contributed by atoms with E-state index in [2.05, 4.69) is 26.3 Å². The van der Waals surface area contributed by atoms with Crippen molar-refractivity contribution in [1.29, 1.82) is 0 Å². The van der Waals surface area contributed by atoms with Gasteiger partial charge >= 0.3 is 0 Å². The van der Waals surface area contributed by atoms with E-state index in [0.29, 0.717) is 6.54 Å². The summed E-state index contributed by atoms with van der Waals surface area (Å²) in [5.74, 6) is 5.28. The molecule has 0 bridgehead atoms. The Balaban J connectivity index is 2.53. The van der Waals surface area contributed by atoms with Gasteiger partial charge in [-0.05, 0) is 28.1 Å². The van der Waals surface area contributed by atoms with Crippen molar-refractivity contribution in [3.05, 3.63) is 20.8 Å². The number of rotatable bonds is 2. The summed E-state index contributed by atoms with van der Waals surface area (Å²) in [5, 5.41) is 0. The summed E-state index contributed by atoms with van der Waals surface area (Å²) in [6.07, 6.45) is 0. The van der Waals surface area contributed by atoms with Crippen molar-refractivity contribution >= 4 is 33.2 Å².